The number of carbonyl (C=O) groups is 1. The second-order valence-corrected chi connectivity index (χ2v) is 6.70. The first kappa shape index (κ1) is 7.29. The van der Waals surface area contributed by atoms with Crippen molar-refractivity contribution in [2.24, 2.45) is 11.8 Å². The highest BCUT2D eigenvalue weighted by Gasteiger charge is 2.60. The van der Waals surface area contributed by atoms with E-state index in [1.165, 1.54) is 12.8 Å². The third kappa shape index (κ3) is 0.708. The van der Waals surface area contributed by atoms with Crippen molar-refractivity contribution < 1.29 is 4.79 Å². The molecule has 2 aliphatic carbocycles. The summed E-state index contributed by atoms with van der Waals surface area (Å²) in [6.45, 7) is 0. The van der Waals surface area contributed by atoms with Gasteiger partial charge in [0.1, 0.15) is 3.23 Å². The number of fused-ring (bicyclic) bond motifs is 1. The van der Waals surface area contributed by atoms with Gasteiger partial charge in [-0.05, 0) is 12.8 Å². The standard InChI is InChI=1S/C7H8Br2O/c8-7(9)5-3-1-2-4(5)6(7)10/h4-5H,1-3H2. The first-order valence-electron chi connectivity index (χ1n) is 3.56. The van der Waals surface area contributed by atoms with E-state index < -0.39 is 0 Å². The Morgan fingerprint density at radius 1 is 1.40 bits per heavy atom. The maximum absolute atomic E-state index is 11.3. The van der Waals surface area contributed by atoms with Crippen LogP contribution in [-0.2, 0) is 4.79 Å². The summed E-state index contributed by atoms with van der Waals surface area (Å²) < 4.78 is -0.332. The van der Waals surface area contributed by atoms with Gasteiger partial charge in [-0.25, -0.2) is 0 Å². The molecule has 56 valence electrons. The average Bonchev–Trinajstić information content (AvgIpc) is 2.31. The van der Waals surface area contributed by atoms with Crippen LogP contribution < -0.4 is 0 Å². The van der Waals surface area contributed by atoms with Crippen LogP contribution in [0.1, 0.15) is 19.3 Å². The van der Waals surface area contributed by atoms with Gasteiger partial charge in [0.15, 0.2) is 5.78 Å². The summed E-state index contributed by atoms with van der Waals surface area (Å²) in [4.78, 5) is 11.3. The molecule has 0 aliphatic heterocycles. The predicted molar refractivity (Wildman–Crippen MR) is 46.4 cm³/mol. The van der Waals surface area contributed by atoms with Gasteiger partial charge in [-0.1, -0.05) is 38.3 Å². The third-order valence-electron chi connectivity index (χ3n) is 2.65. The number of rotatable bonds is 0. The first-order chi connectivity index (χ1) is 4.64. The molecular weight excluding hydrogens is 260 g/mol. The monoisotopic (exact) mass is 266 g/mol. The number of alkyl halides is 2. The van der Waals surface area contributed by atoms with E-state index in [0.717, 1.165) is 6.42 Å². The summed E-state index contributed by atoms with van der Waals surface area (Å²) in [5, 5.41) is 0. The van der Waals surface area contributed by atoms with E-state index in [1.807, 2.05) is 0 Å². The van der Waals surface area contributed by atoms with Crippen molar-refractivity contribution in [3.05, 3.63) is 0 Å². The van der Waals surface area contributed by atoms with Crippen LogP contribution in [0, 0.1) is 11.8 Å². The lowest BCUT2D eigenvalue weighted by Gasteiger charge is -2.42. The van der Waals surface area contributed by atoms with Crippen molar-refractivity contribution in [1.29, 1.82) is 0 Å². The molecule has 2 fully saturated rings. The Morgan fingerprint density at radius 2 is 2.10 bits per heavy atom. The number of hydrogen-bond donors (Lipinski definition) is 0. The molecule has 2 rings (SSSR count). The van der Waals surface area contributed by atoms with Crippen LogP contribution in [0.5, 0.6) is 0 Å². The van der Waals surface area contributed by atoms with E-state index in [0.29, 0.717) is 17.6 Å². The lowest BCUT2D eigenvalue weighted by molar-refractivity contribution is -0.132. The summed E-state index contributed by atoms with van der Waals surface area (Å²) in [7, 11) is 0. The molecular formula is C7H8Br2O. The molecule has 0 amide bonds. The zero-order chi connectivity index (χ0) is 7.35. The second-order valence-electron chi connectivity index (χ2n) is 3.13. The Labute approximate surface area is 76.8 Å². The number of ketones is 1. The molecule has 0 saturated heterocycles. The van der Waals surface area contributed by atoms with Gasteiger partial charge in [0, 0.05) is 11.8 Å². The molecule has 0 aromatic rings. The molecule has 2 atom stereocenters. The van der Waals surface area contributed by atoms with Crippen LogP contribution in [0.15, 0.2) is 0 Å². The highest BCUT2D eigenvalue weighted by atomic mass is 79.9. The number of carbonyl (C=O) groups excluding carboxylic acids is 1. The smallest absolute Gasteiger partial charge is 0.163 e. The normalized spacial score (nSPS) is 42.8. The molecule has 2 unspecified atom stereocenters. The quantitative estimate of drug-likeness (QED) is 0.617. The minimum Gasteiger partial charge on any atom is -0.297 e. The zero-order valence-electron chi connectivity index (χ0n) is 5.44. The minimum atomic E-state index is -0.332. The van der Waals surface area contributed by atoms with Crippen LogP contribution in [0.3, 0.4) is 0 Å². The summed E-state index contributed by atoms with van der Waals surface area (Å²) >= 11 is 6.81. The van der Waals surface area contributed by atoms with Crippen molar-refractivity contribution in [1.82, 2.24) is 0 Å². The highest BCUT2D eigenvalue weighted by Crippen LogP contribution is 2.58. The number of hydrogen-bond acceptors (Lipinski definition) is 1. The van der Waals surface area contributed by atoms with Gasteiger partial charge < -0.3 is 0 Å². The van der Waals surface area contributed by atoms with Gasteiger partial charge in [-0.2, -0.15) is 0 Å². The van der Waals surface area contributed by atoms with Crippen molar-refractivity contribution in [3.8, 4) is 0 Å². The fraction of sp³-hybridized carbons (Fsp3) is 0.857. The van der Waals surface area contributed by atoms with E-state index >= 15 is 0 Å². The Kier molecular flexibility index (Phi) is 1.51. The number of Topliss-reactive ketones (excluding diaryl/α,β-unsaturated/α-hetero) is 1. The molecule has 2 saturated carbocycles. The first-order valence-corrected chi connectivity index (χ1v) is 5.15. The predicted octanol–water partition coefficient (Wildman–Crippen LogP) is 2.47. The topological polar surface area (TPSA) is 17.1 Å². The van der Waals surface area contributed by atoms with Gasteiger partial charge in [-0.15, -0.1) is 0 Å². The maximum Gasteiger partial charge on any atom is 0.163 e. The third-order valence-corrected chi connectivity index (χ3v) is 4.60. The fourth-order valence-corrected chi connectivity index (χ4v) is 3.73. The van der Waals surface area contributed by atoms with Gasteiger partial charge >= 0.3 is 0 Å². The van der Waals surface area contributed by atoms with Gasteiger partial charge in [0.2, 0.25) is 0 Å². The van der Waals surface area contributed by atoms with Crippen molar-refractivity contribution in [2.45, 2.75) is 22.5 Å². The molecule has 0 aromatic heterocycles. The van der Waals surface area contributed by atoms with Crippen LogP contribution in [-0.4, -0.2) is 9.02 Å². The van der Waals surface area contributed by atoms with Crippen LogP contribution >= 0.6 is 31.9 Å². The summed E-state index contributed by atoms with van der Waals surface area (Å²) in [6, 6.07) is 0. The van der Waals surface area contributed by atoms with E-state index in [4.69, 9.17) is 0 Å². The molecule has 1 nitrogen and oxygen atoms in total. The second kappa shape index (κ2) is 2.07. The lowest BCUT2D eigenvalue weighted by Crippen LogP contribution is -2.52. The van der Waals surface area contributed by atoms with Crippen LogP contribution in [0.4, 0.5) is 0 Å². The molecule has 2 aliphatic rings. The SMILES string of the molecule is O=C1C2CCCC2C1(Br)Br. The van der Waals surface area contributed by atoms with E-state index in [1.54, 1.807) is 0 Å². The Balaban J connectivity index is 2.23. The van der Waals surface area contributed by atoms with Crippen molar-refractivity contribution >= 4 is 37.6 Å². The maximum atomic E-state index is 11.3. The molecule has 10 heavy (non-hydrogen) atoms. The largest absolute Gasteiger partial charge is 0.297 e. The van der Waals surface area contributed by atoms with E-state index in [2.05, 4.69) is 31.9 Å². The average molecular weight is 268 g/mol. The molecule has 0 radical (unpaired) electrons. The Morgan fingerprint density at radius 3 is 2.70 bits per heavy atom. The molecule has 0 heterocycles. The van der Waals surface area contributed by atoms with Crippen molar-refractivity contribution in [3.63, 3.8) is 0 Å². The molecule has 0 aromatic carbocycles. The zero-order valence-corrected chi connectivity index (χ0v) is 8.61. The van der Waals surface area contributed by atoms with Crippen LogP contribution in [0.2, 0.25) is 0 Å². The molecule has 3 heteroatoms. The van der Waals surface area contributed by atoms with E-state index in [-0.39, 0.29) is 3.23 Å². The van der Waals surface area contributed by atoms with Gasteiger partial charge in [0.25, 0.3) is 0 Å². The van der Waals surface area contributed by atoms with E-state index in [9.17, 15) is 4.79 Å². The van der Waals surface area contributed by atoms with Crippen molar-refractivity contribution in [2.75, 3.05) is 0 Å². The Hall–Kier alpha value is 0.630. The highest BCUT2D eigenvalue weighted by molar-refractivity contribution is 9.26. The minimum absolute atomic E-state index is 0.332. The summed E-state index contributed by atoms with van der Waals surface area (Å²) in [5.74, 6) is 1.30. The fourth-order valence-electron chi connectivity index (χ4n) is 2.04. The van der Waals surface area contributed by atoms with Gasteiger partial charge in [-0.3, -0.25) is 4.79 Å². The summed E-state index contributed by atoms with van der Waals surface area (Å²) in [6.07, 6.45) is 3.54. The molecule has 0 bridgehead atoms. The summed E-state index contributed by atoms with van der Waals surface area (Å²) in [5.41, 5.74) is 0. The lowest BCUT2D eigenvalue weighted by atomic mass is 9.75. The van der Waals surface area contributed by atoms with Gasteiger partial charge in [0.05, 0.1) is 0 Å². The number of halogens is 2. The molecule has 0 spiro atoms. The Bertz CT molecular complexity index is 188. The van der Waals surface area contributed by atoms with Crippen LogP contribution in [0.25, 0.3) is 0 Å². The molecule has 0 N–H and O–H groups in total.